The number of allylic oxidation sites excluding steroid dienone is 1. The molecule has 0 spiro atoms. The standard InChI is InChI=1S/C25H16N2S/c1-4-10-22-16(7-1)19(13-26-22)25(20-14-27-23-11-5-2-8-17(20)23)21-15-28-24-12-6-3-9-18(21)24/h1-15,26H. The van der Waals surface area contributed by atoms with Crippen LogP contribution in [0.25, 0.3) is 32.1 Å². The third kappa shape index (κ3) is 2.23. The molecular weight excluding hydrogens is 360 g/mol. The minimum Gasteiger partial charge on any atom is -0.361 e. The largest absolute Gasteiger partial charge is 0.361 e. The van der Waals surface area contributed by atoms with Gasteiger partial charge in [0.15, 0.2) is 0 Å². The first-order chi connectivity index (χ1) is 13.9. The lowest BCUT2D eigenvalue weighted by atomic mass is 9.90. The number of H-pyrrole nitrogens is 1. The van der Waals surface area contributed by atoms with Gasteiger partial charge in [-0.3, -0.25) is 4.99 Å². The zero-order valence-electron chi connectivity index (χ0n) is 15.0. The van der Waals surface area contributed by atoms with E-state index in [4.69, 9.17) is 4.99 Å². The molecule has 5 aromatic rings. The second-order valence-electron chi connectivity index (χ2n) is 6.96. The molecule has 0 saturated heterocycles. The molecule has 1 N–H and O–H groups in total. The first kappa shape index (κ1) is 15.6. The van der Waals surface area contributed by atoms with Crippen LogP contribution in [0.2, 0.25) is 0 Å². The van der Waals surface area contributed by atoms with Gasteiger partial charge >= 0.3 is 0 Å². The molecule has 2 nitrogen and oxygen atoms in total. The predicted octanol–water partition coefficient (Wildman–Crippen LogP) is 7.06. The second kappa shape index (κ2) is 6.04. The molecule has 3 aromatic carbocycles. The van der Waals surface area contributed by atoms with E-state index in [0.29, 0.717) is 0 Å². The van der Waals surface area contributed by atoms with Gasteiger partial charge in [0.1, 0.15) is 0 Å². The van der Waals surface area contributed by atoms with Gasteiger partial charge < -0.3 is 4.98 Å². The number of hydrogen-bond acceptors (Lipinski definition) is 2. The Morgan fingerprint density at radius 2 is 1.57 bits per heavy atom. The van der Waals surface area contributed by atoms with E-state index >= 15 is 0 Å². The molecule has 1 aliphatic rings. The van der Waals surface area contributed by atoms with Gasteiger partial charge in [-0.2, -0.15) is 0 Å². The van der Waals surface area contributed by atoms with Crippen molar-refractivity contribution in [3.63, 3.8) is 0 Å². The Hall–Kier alpha value is -3.43. The highest BCUT2D eigenvalue weighted by Crippen LogP contribution is 2.44. The third-order valence-corrected chi connectivity index (χ3v) is 6.37. The molecule has 28 heavy (non-hydrogen) atoms. The minimum atomic E-state index is 1.04. The normalized spacial score (nSPS) is 14.7. The van der Waals surface area contributed by atoms with Crippen molar-refractivity contribution in [1.29, 1.82) is 0 Å². The maximum atomic E-state index is 4.69. The van der Waals surface area contributed by atoms with Crippen LogP contribution in [0.15, 0.2) is 89.4 Å². The summed E-state index contributed by atoms with van der Waals surface area (Å²) in [6.45, 7) is 0. The molecular formula is C25H16N2S. The smallest absolute Gasteiger partial charge is 0.0709 e. The van der Waals surface area contributed by atoms with Gasteiger partial charge in [-0.25, -0.2) is 0 Å². The molecule has 3 heteroatoms. The van der Waals surface area contributed by atoms with Crippen molar-refractivity contribution in [2.75, 3.05) is 0 Å². The highest BCUT2D eigenvalue weighted by molar-refractivity contribution is 7.17. The number of nitrogens with one attached hydrogen (secondary N) is 1. The molecule has 3 heterocycles. The molecule has 0 bridgehead atoms. The Morgan fingerprint density at radius 1 is 0.786 bits per heavy atom. The summed E-state index contributed by atoms with van der Waals surface area (Å²) in [7, 11) is 0. The third-order valence-electron chi connectivity index (χ3n) is 5.41. The van der Waals surface area contributed by atoms with Crippen molar-refractivity contribution >= 4 is 55.4 Å². The molecule has 0 aliphatic carbocycles. The molecule has 0 fully saturated rings. The minimum absolute atomic E-state index is 1.04. The van der Waals surface area contributed by atoms with E-state index in [0.717, 1.165) is 11.2 Å². The lowest BCUT2D eigenvalue weighted by molar-refractivity contribution is 1.46. The van der Waals surface area contributed by atoms with E-state index in [1.54, 1.807) is 11.3 Å². The molecule has 0 atom stereocenters. The van der Waals surface area contributed by atoms with Crippen molar-refractivity contribution in [3.05, 3.63) is 101 Å². The van der Waals surface area contributed by atoms with Gasteiger partial charge in [0.2, 0.25) is 0 Å². The van der Waals surface area contributed by atoms with Crippen LogP contribution in [0, 0.1) is 0 Å². The average molecular weight is 376 g/mol. The van der Waals surface area contributed by atoms with Crippen molar-refractivity contribution in [1.82, 2.24) is 4.98 Å². The summed E-state index contributed by atoms with van der Waals surface area (Å²) in [5, 5.41) is 4.81. The van der Waals surface area contributed by atoms with Gasteiger partial charge in [0.05, 0.1) is 5.69 Å². The predicted molar refractivity (Wildman–Crippen MR) is 121 cm³/mol. The van der Waals surface area contributed by atoms with E-state index in [2.05, 4.69) is 83.3 Å². The van der Waals surface area contributed by atoms with Crippen LogP contribution in [0.3, 0.4) is 0 Å². The number of fused-ring (bicyclic) bond motifs is 3. The van der Waals surface area contributed by atoms with Crippen molar-refractivity contribution in [3.8, 4) is 0 Å². The van der Waals surface area contributed by atoms with Crippen molar-refractivity contribution in [2.24, 2.45) is 4.99 Å². The zero-order chi connectivity index (χ0) is 18.5. The summed E-state index contributed by atoms with van der Waals surface area (Å²) in [5.74, 6) is 0. The number of para-hydroxylation sites is 2. The molecule has 0 radical (unpaired) electrons. The van der Waals surface area contributed by atoms with Gasteiger partial charge in [-0.15, -0.1) is 11.3 Å². The van der Waals surface area contributed by atoms with Gasteiger partial charge in [0.25, 0.3) is 0 Å². The molecule has 132 valence electrons. The summed E-state index contributed by atoms with van der Waals surface area (Å²) in [5.41, 5.74) is 8.29. The van der Waals surface area contributed by atoms with Crippen LogP contribution < -0.4 is 0 Å². The molecule has 0 amide bonds. The number of benzene rings is 3. The molecule has 0 unspecified atom stereocenters. The Balaban J connectivity index is 1.74. The first-order valence-electron chi connectivity index (χ1n) is 9.31. The number of rotatable bonds is 2. The van der Waals surface area contributed by atoms with Crippen molar-refractivity contribution < 1.29 is 0 Å². The van der Waals surface area contributed by atoms with Crippen LogP contribution in [0.4, 0.5) is 5.69 Å². The summed E-state index contributed by atoms with van der Waals surface area (Å²) >= 11 is 1.80. The summed E-state index contributed by atoms with van der Waals surface area (Å²) < 4.78 is 1.30. The molecule has 1 aliphatic heterocycles. The number of aromatic nitrogens is 1. The van der Waals surface area contributed by atoms with E-state index in [-0.39, 0.29) is 0 Å². The number of hydrogen-bond donors (Lipinski definition) is 1. The van der Waals surface area contributed by atoms with Crippen LogP contribution >= 0.6 is 11.3 Å². The fourth-order valence-electron chi connectivity index (χ4n) is 4.10. The Labute approximate surface area is 166 Å². The summed E-state index contributed by atoms with van der Waals surface area (Å²) in [4.78, 5) is 8.14. The summed E-state index contributed by atoms with van der Waals surface area (Å²) in [6, 6.07) is 25.5. The maximum Gasteiger partial charge on any atom is 0.0709 e. The summed E-state index contributed by atoms with van der Waals surface area (Å²) in [6.07, 6.45) is 4.16. The zero-order valence-corrected chi connectivity index (χ0v) is 15.8. The Kier molecular flexibility index (Phi) is 3.37. The number of nitrogens with zero attached hydrogens (tertiary/aromatic N) is 1. The lowest BCUT2D eigenvalue weighted by Crippen LogP contribution is -1.93. The van der Waals surface area contributed by atoms with Crippen LogP contribution in [0.1, 0.15) is 16.7 Å². The molecule has 6 rings (SSSR count). The van der Waals surface area contributed by atoms with Crippen LogP contribution in [0.5, 0.6) is 0 Å². The van der Waals surface area contributed by atoms with E-state index in [1.165, 1.54) is 43.3 Å². The van der Waals surface area contributed by atoms with Crippen LogP contribution in [-0.4, -0.2) is 11.2 Å². The first-order valence-corrected chi connectivity index (χ1v) is 10.2. The molecule has 2 aromatic heterocycles. The number of aliphatic imine (C=N–C) groups is 1. The average Bonchev–Trinajstić information content (AvgIpc) is 3.47. The number of thiophene rings is 1. The van der Waals surface area contributed by atoms with Gasteiger partial charge in [0, 0.05) is 61.2 Å². The highest BCUT2D eigenvalue weighted by atomic mass is 32.1. The maximum absolute atomic E-state index is 4.69. The molecule has 0 saturated carbocycles. The van der Waals surface area contributed by atoms with Gasteiger partial charge in [-0.05, 0) is 23.6 Å². The highest BCUT2D eigenvalue weighted by Gasteiger charge is 2.22. The Morgan fingerprint density at radius 3 is 2.54 bits per heavy atom. The SMILES string of the molecule is C1=Nc2ccccc2C1=C(c1c[nH]c2ccccc12)c1csc2ccccc12. The quantitative estimate of drug-likeness (QED) is 0.342. The van der Waals surface area contributed by atoms with E-state index in [9.17, 15) is 0 Å². The fraction of sp³-hybridized carbons (Fsp3) is 0. The number of aromatic amines is 1. The fourth-order valence-corrected chi connectivity index (χ4v) is 5.05. The lowest BCUT2D eigenvalue weighted by Gasteiger charge is -2.11. The van der Waals surface area contributed by atoms with Crippen LogP contribution in [-0.2, 0) is 0 Å². The monoisotopic (exact) mass is 376 g/mol. The van der Waals surface area contributed by atoms with Crippen molar-refractivity contribution in [2.45, 2.75) is 0 Å². The topological polar surface area (TPSA) is 28.1 Å². The van der Waals surface area contributed by atoms with E-state index in [1.807, 2.05) is 12.3 Å². The Bertz CT molecular complexity index is 1340. The second-order valence-corrected chi connectivity index (χ2v) is 7.87. The van der Waals surface area contributed by atoms with Gasteiger partial charge in [-0.1, -0.05) is 54.6 Å². The van der Waals surface area contributed by atoms with E-state index < -0.39 is 0 Å².